The van der Waals surface area contributed by atoms with E-state index in [2.05, 4.69) is 53.9 Å². The van der Waals surface area contributed by atoms with Gasteiger partial charge in [0, 0.05) is 36.8 Å². The predicted octanol–water partition coefficient (Wildman–Crippen LogP) is 2.75. The first-order chi connectivity index (χ1) is 9.36. The second-order valence-corrected chi connectivity index (χ2v) is 5.21. The molecule has 2 unspecified atom stereocenters. The van der Waals surface area contributed by atoms with Crippen LogP contribution in [0.3, 0.4) is 0 Å². The van der Waals surface area contributed by atoms with Crippen molar-refractivity contribution in [2.24, 2.45) is 0 Å². The van der Waals surface area contributed by atoms with Gasteiger partial charge in [-0.3, -0.25) is 4.68 Å². The van der Waals surface area contributed by atoms with Gasteiger partial charge < -0.3 is 5.32 Å². The van der Waals surface area contributed by atoms with Gasteiger partial charge in [0.1, 0.15) is 0 Å². The minimum absolute atomic E-state index is 0.624. The van der Waals surface area contributed by atoms with Crippen LogP contribution in [0.15, 0.2) is 42.7 Å². The van der Waals surface area contributed by atoms with E-state index in [9.17, 15) is 0 Å². The van der Waals surface area contributed by atoms with Crippen molar-refractivity contribution in [2.45, 2.75) is 37.9 Å². The van der Waals surface area contributed by atoms with Gasteiger partial charge in [-0.25, -0.2) is 0 Å². The maximum Gasteiger partial charge on any atom is 0.0534 e. The molecule has 3 nitrogen and oxygen atoms in total. The van der Waals surface area contributed by atoms with E-state index in [4.69, 9.17) is 0 Å². The Balaban J connectivity index is 1.49. The number of rotatable bonds is 6. The summed E-state index contributed by atoms with van der Waals surface area (Å²) in [5.41, 5.74) is 2.71. The molecule has 1 saturated carbocycles. The third-order valence-corrected chi connectivity index (χ3v) is 3.66. The highest BCUT2D eigenvalue weighted by Gasteiger charge is 2.37. The summed E-state index contributed by atoms with van der Waals surface area (Å²) in [5, 5.41) is 7.93. The molecule has 0 amide bonds. The molecule has 1 N–H and O–H groups in total. The van der Waals surface area contributed by atoms with Crippen LogP contribution in [-0.4, -0.2) is 15.8 Å². The Kier molecular flexibility index (Phi) is 3.65. The van der Waals surface area contributed by atoms with Gasteiger partial charge in [-0.2, -0.15) is 5.10 Å². The summed E-state index contributed by atoms with van der Waals surface area (Å²) < 4.78 is 1.96. The van der Waals surface area contributed by atoms with Gasteiger partial charge in [-0.1, -0.05) is 37.3 Å². The van der Waals surface area contributed by atoms with Gasteiger partial charge in [-0.15, -0.1) is 0 Å². The smallest absolute Gasteiger partial charge is 0.0534 e. The van der Waals surface area contributed by atoms with Crippen LogP contribution in [0.2, 0.25) is 0 Å². The van der Waals surface area contributed by atoms with E-state index in [1.807, 2.05) is 10.9 Å². The molecule has 1 aromatic carbocycles. The molecule has 2 atom stereocenters. The topological polar surface area (TPSA) is 29.9 Å². The number of hydrogen-bond donors (Lipinski definition) is 1. The lowest BCUT2D eigenvalue weighted by Crippen LogP contribution is -2.16. The second kappa shape index (κ2) is 5.57. The fourth-order valence-corrected chi connectivity index (χ4v) is 2.52. The average Bonchev–Trinajstić information content (AvgIpc) is 3.10. The van der Waals surface area contributed by atoms with E-state index in [0.717, 1.165) is 19.5 Å². The van der Waals surface area contributed by atoms with Gasteiger partial charge in [-0.05, 0) is 18.4 Å². The van der Waals surface area contributed by atoms with Crippen molar-refractivity contribution in [3.63, 3.8) is 0 Å². The van der Waals surface area contributed by atoms with Gasteiger partial charge in [0.25, 0.3) is 0 Å². The van der Waals surface area contributed by atoms with Crippen LogP contribution in [0.4, 0.5) is 0 Å². The van der Waals surface area contributed by atoms with Crippen LogP contribution < -0.4 is 5.32 Å². The lowest BCUT2D eigenvalue weighted by molar-refractivity contribution is 0.620. The first kappa shape index (κ1) is 12.4. The van der Waals surface area contributed by atoms with Crippen LogP contribution >= 0.6 is 0 Å². The predicted molar refractivity (Wildman–Crippen MR) is 76.6 cm³/mol. The molecule has 1 radical (unpaired) electrons. The molecule has 0 saturated heterocycles. The zero-order chi connectivity index (χ0) is 13.1. The molecule has 2 aromatic rings. The highest BCUT2D eigenvalue weighted by molar-refractivity contribution is 5.27. The summed E-state index contributed by atoms with van der Waals surface area (Å²) in [7, 11) is 0. The van der Waals surface area contributed by atoms with E-state index in [0.29, 0.717) is 12.0 Å². The Morgan fingerprint density at radius 1 is 1.32 bits per heavy atom. The molecular formula is C16H20N3. The molecule has 0 spiro atoms. The van der Waals surface area contributed by atoms with Crippen LogP contribution in [0.5, 0.6) is 0 Å². The summed E-state index contributed by atoms with van der Waals surface area (Å²) in [5.74, 6) is 0.691. The minimum atomic E-state index is 0.624. The lowest BCUT2D eigenvalue weighted by atomic mass is 10.1. The second-order valence-electron chi connectivity index (χ2n) is 5.21. The summed E-state index contributed by atoms with van der Waals surface area (Å²) in [6.07, 6.45) is 6.19. The molecule has 1 aliphatic carbocycles. The Hall–Kier alpha value is -1.61. The molecule has 19 heavy (non-hydrogen) atoms. The zero-order valence-corrected chi connectivity index (χ0v) is 11.1. The number of nitrogens with zero attached hydrogens (tertiary/aromatic N) is 2. The molecule has 0 bridgehead atoms. The van der Waals surface area contributed by atoms with Crippen molar-refractivity contribution >= 4 is 0 Å². The normalized spacial score (nSPS) is 21.5. The number of nitrogens with one attached hydrogen (secondary N) is 1. The van der Waals surface area contributed by atoms with Gasteiger partial charge >= 0.3 is 0 Å². The SMILES string of the molecule is [CH2]CCn1cc(CNC2CC2c2ccccc2)cn1. The highest BCUT2D eigenvalue weighted by atomic mass is 15.3. The maximum absolute atomic E-state index is 4.32. The summed E-state index contributed by atoms with van der Waals surface area (Å²) in [6, 6.07) is 11.4. The van der Waals surface area contributed by atoms with Crippen molar-refractivity contribution in [3.8, 4) is 0 Å². The average molecular weight is 254 g/mol. The number of aromatic nitrogens is 2. The lowest BCUT2D eigenvalue weighted by Gasteiger charge is -2.02. The van der Waals surface area contributed by atoms with Crippen molar-refractivity contribution in [1.82, 2.24) is 15.1 Å². The zero-order valence-electron chi connectivity index (χ0n) is 11.1. The summed E-state index contributed by atoms with van der Waals surface area (Å²) >= 11 is 0. The molecule has 1 aromatic heterocycles. The van der Waals surface area contributed by atoms with Crippen LogP contribution in [0.25, 0.3) is 0 Å². The number of hydrogen-bond acceptors (Lipinski definition) is 2. The van der Waals surface area contributed by atoms with Gasteiger partial charge in [0.2, 0.25) is 0 Å². The number of aryl methyl sites for hydroxylation is 1. The van der Waals surface area contributed by atoms with E-state index in [-0.39, 0.29) is 0 Å². The molecule has 1 heterocycles. The fraction of sp³-hybridized carbons (Fsp3) is 0.375. The quantitative estimate of drug-likeness (QED) is 0.859. The first-order valence-electron chi connectivity index (χ1n) is 6.95. The van der Waals surface area contributed by atoms with Crippen LogP contribution in [0, 0.1) is 6.92 Å². The van der Waals surface area contributed by atoms with E-state index in [1.54, 1.807) is 0 Å². The van der Waals surface area contributed by atoms with Crippen LogP contribution in [0.1, 0.15) is 29.9 Å². The van der Waals surface area contributed by atoms with Crippen LogP contribution in [-0.2, 0) is 13.1 Å². The van der Waals surface area contributed by atoms with Gasteiger partial charge in [0.05, 0.1) is 6.20 Å². The molecular weight excluding hydrogens is 234 g/mol. The van der Waals surface area contributed by atoms with E-state index < -0.39 is 0 Å². The van der Waals surface area contributed by atoms with Crippen molar-refractivity contribution in [2.75, 3.05) is 0 Å². The highest BCUT2D eigenvalue weighted by Crippen LogP contribution is 2.40. The molecule has 3 rings (SSSR count). The third-order valence-electron chi connectivity index (χ3n) is 3.66. The molecule has 1 fully saturated rings. The molecule has 1 aliphatic rings. The molecule has 99 valence electrons. The van der Waals surface area contributed by atoms with Crippen molar-refractivity contribution in [1.29, 1.82) is 0 Å². The third kappa shape index (κ3) is 3.04. The number of benzene rings is 1. The molecule has 3 heteroatoms. The van der Waals surface area contributed by atoms with E-state index in [1.165, 1.54) is 17.5 Å². The van der Waals surface area contributed by atoms with Crippen molar-refractivity contribution < 1.29 is 0 Å². The Morgan fingerprint density at radius 2 is 2.16 bits per heavy atom. The summed E-state index contributed by atoms with van der Waals surface area (Å²) in [6.45, 7) is 5.65. The Morgan fingerprint density at radius 3 is 2.95 bits per heavy atom. The minimum Gasteiger partial charge on any atom is -0.309 e. The maximum atomic E-state index is 4.32. The fourth-order valence-electron chi connectivity index (χ4n) is 2.52. The monoisotopic (exact) mass is 254 g/mol. The summed E-state index contributed by atoms with van der Waals surface area (Å²) in [4.78, 5) is 0. The standard InChI is InChI=1S/C16H20N3/c1-2-8-19-12-13(11-18-19)10-17-16-9-15(16)14-6-4-3-5-7-14/h3-7,11-12,15-17H,1-2,8-10H2. The Labute approximate surface area is 114 Å². The Bertz CT molecular complexity index is 518. The largest absolute Gasteiger partial charge is 0.309 e. The van der Waals surface area contributed by atoms with Gasteiger partial charge in [0.15, 0.2) is 0 Å². The van der Waals surface area contributed by atoms with Crippen molar-refractivity contribution in [3.05, 3.63) is 60.8 Å². The van der Waals surface area contributed by atoms with E-state index >= 15 is 0 Å². The first-order valence-corrected chi connectivity index (χ1v) is 6.95. The molecule has 0 aliphatic heterocycles.